The van der Waals surface area contributed by atoms with E-state index in [2.05, 4.69) is 10.5 Å². The average molecular weight is 241 g/mol. The number of hydrogen-bond donors (Lipinski definition) is 3. The zero-order valence-corrected chi connectivity index (χ0v) is 10.7. The van der Waals surface area contributed by atoms with E-state index in [1.54, 1.807) is 0 Å². The van der Waals surface area contributed by atoms with Crippen LogP contribution in [0.2, 0.25) is 0 Å². The van der Waals surface area contributed by atoms with Gasteiger partial charge in [0.2, 0.25) is 5.91 Å². The van der Waals surface area contributed by atoms with Crippen molar-refractivity contribution in [2.24, 2.45) is 16.3 Å². The Kier molecular flexibility index (Phi) is 4.78. The molecule has 4 N–H and O–H groups in total. The first-order valence-electron chi connectivity index (χ1n) is 6.32. The van der Waals surface area contributed by atoms with Gasteiger partial charge >= 0.3 is 0 Å². The van der Waals surface area contributed by atoms with Crippen LogP contribution in [0.1, 0.15) is 52.4 Å². The van der Waals surface area contributed by atoms with Crippen molar-refractivity contribution < 1.29 is 10.0 Å². The van der Waals surface area contributed by atoms with Gasteiger partial charge < -0.3 is 16.3 Å². The summed E-state index contributed by atoms with van der Waals surface area (Å²) >= 11 is 0. The summed E-state index contributed by atoms with van der Waals surface area (Å²) in [5, 5.41) is 14.6. The van der Waals surface area contributed by atoms with Gasteiger partial charge in [0.1, 0.15) is 0 Å². The van der Waals surface area contributed by atoms with E-state index < -0.39 is 0 Å². The van der Waals surface area contributed by atoms with E-state index in [1.165, 1.54) is 0 Å². The fourth-order valence-corrected chi connectivity index (χ4v) is 2.37. The summed E-state index contributed by atoms with van der Waals surface area (Å²) in [7, 11) is 0. The van der Waals surface area contributed by atoms with Crippen LogP contribution in [0.4, 0.5) is 0 Å². The van der Waals surface area contributed by atoms with E-state index >= 15 is 0 Å². The van der Waals surface area contributed by atoms with Gasteiger partial charge in [-0.05, 0) is 19.3 Å². The summed E-state index contributed by atoms with van der Waals surface area (Å²) in [4.78, 5) is 12.2. The third-order valence-corrected chi connectivity index (χ3v) is 3.61. The largest absolute Gasteiger partial charge is 0.409 e. The number of oxime groups is 1. The van der Waals surface area contributed by atoms with Crippen molar-refractivity contribution in [3.8, 4) is 0 Å². The molecule has 1 rings (SSSR count). The molecule has 1 amide bonds. The third kappa shape index (κ3) is 3.35. The van der Waals surface area contributed by atoms with E-state index in [1.807, 2.05) is 13.8 Å². The van der Waals surface area contributed by atoms with Crippen LogP contribution in [-0.4, -0.2) is 23.0 Å². The molecule has 0 saturated heterocycles. The van der Waals surface area contributed by atoms with Crippen LogP contribution < -0.4 is 11.1 Å². The lowest BCUT2D eigenvalue weighted by molar-refractivity contribution is -0.130. The van der Waals surface area contributed by atoms with Gasteiger partial charge in [-0.15, -0.1) is 0 Å². The number of rotatable bonds is 5. The standard InChI is InChI=1S/C12H23N3O2/c1-3-6-9(10(13)15-17)14-11(16)12(2)7-4-5-8-12/h9,17H,3-8H2,1-2H3,(H2,13,15)(H,14,16). The Morgan fingerprint density at radius 3 is 2.59 bits per heavy atom. The molecule has 5 nitrogen and oxygen atoms in total. The molecular formula is C12H23N3O2. The first kappa shape index (κ1) is 13.8. The van der Waals surface area contributed by atoms with Crippen LogP contribution in [0.3, 0.4) is 0 Å². The van der Waals surface area contributed by atoms with Crippen LogP contribution in [0.5, 0.6) is 0 Å². The molecule has 0 spiro atoms. The predicted molar refractivity (Wildman–Crippen MR) is 66.8 cm³/mol. The maximum absolute atomic E-state index is 12.2. The van der Waals surface area contributed by atoms with Crippen molar-refractivity contribution in [2.45, 2.75) is 58.4 Å². The Morgan fingerprint density at radius 2 is 2.12 bits per heavy atom. The second kappa shape index (κ2) is 5.89. The summed E-state index contributed by atoms with van der Waals surface area (Å²) in [6.07, 6.45) is 5.62. The first-order chi connectivity index (χ1) is 8.03. The highest BCUT2D eigenvalue weighted by Gasteiger charge is 2.37. The molecule has 0 radical (unpaired) electrons. The fourth-order valence-electron chi connectivity index (χ4n) is 2.37. The number of hydrogen-bond acceptors (Lipinski definition) is 3. The van der Waals surface area contributed by atoms with Crippen molar-refractivity contribution in [3.63, 3.8) is 0 Å². The molecule has 0 heterocycles. The number of carbonyl (C=O) groups excluding carboxylic acids is 1. The lowest BCUT2D eigenvalue weighted by atomic mass is 9.87. The Hall–Kier alpha value is -1.26. The van der Waals surface area contributed by atoms with Crippen molar-refractivity contribution in [3.05, 3.63) is 0 Å². The topological polar surface area (TPSA) is 87.7 Å². The molecule has 0 aromatic heterocycles. The van der Waals surface area contributed by atoms with Gasteiger partial charge in [0.05, 0.1) is 6.04 Å². The normalized spacial score (nSPS) is 21.2. The summed E-state index contributed by atoms with van der Waals surface area (Å²) < 4.78 is 0. The van der Waals surface area contributed by atoms with Crippen molar-refractivity contribution >= 4 is 11.7 Å². The molecule has 5 heteroatoms. The summed E-state index contributed by atoms with van der Waals surface area (Å²) in [6.45, 7) is 3.99. The van der Waals surface area contributed by atoms with Crippen molar-refractivity contribution in [1.29, 1.82) is 0 Å². The second-order valence-corrected chi connectivity index (χ2v) is 5.11. The van der Waals surface area contributed by atoms with Gasteiger partial charge in [0, 0.05) is 5.41 Å². The maximum atomic E-state index is 12.2. The molecule has 0 bridgehead atoms. The molecule has 0 aromatic carbocycles. The van der Waals surface area contributed by atoms with E-state index in [9.17, 15) is 4.79 Å². The molecule has 1 aliphatic rings. The molecule has 1 saturated carbocycles. The SMILES string of the molecule is CCCC(NC(=O)C1(C)CCCC1)C(N)=NO. The molecule has 1 fully saturated rings. The fraction of sp³-hybridized carbons (Fsp3) is 0.833. The zero-order valence-electron chi connectivity index (χ0n) is 10.7. The quantitative estimate of drug-likeness (QED) is 0.296. The molecule has 0 aliphatic heterocycles. The Labute approximate surface area is 102 Å². The molecule has 1 atom stereocenters. The van der Waals surface area contributed by atoms with Crippen LogP contribution in [0.25, 0.3) is 0 Å². The van der Waals surface area contributed by atoms with Crippen LogP contribution in [0.15, 0.2) is 5.16 Å². The average Bonchev–Trinajstić information content (AvgIpc) is 2.76. The summed E-state index contributed by atoms with van der Waals surface area (Å²) in [5.74, 6) is 0.113. The first-order valence-corrected chi connectivity index (χ1v) is 6.32. The molecular weight excluding hydrogens is 218 g/mol. The highest BCUT2D eigenvalue weighted by atomic mass is 16.4. The second-order valence-electron chi connectivity index (χ2n) is 5.11. The minimum Gasteiger partial charge on any atom is -0.409 e. The zero-order chi connectivity index (χ0) is 12.9. The minimum atomic E-state index is -0.352. The summed E-state index contributed by atoms with van der Waals surface area (Å²) in [6, 6.07) is -0.352. The van der Waals surface area contributed by atoms with Gasteiger partial charge in [0.25, 0.3) is 0 Å². The summed E-state index contributed by atoms with van der Waals surface area (Å²) in [5.41, 5.74) is 5.30. The van der Waals surface area contributed by atoms with Gasteiger partial charge in [-0.1, -0.05) is 38.3 Å². The van der Waals surface area contributed by atoms with Gasteiger partial charge in [-0.3, -0.25) is 4.79 Å². The highest BCUT2D eigenvalue weighted by Crippen LogP contribution is 2.37. The Balaban J connectivity index is 2.63. The van der Waals surface area contributed by atoms with Gasteiger partial charge in [-0.2, -0.15) is 0 Å². The maximum Gasteiger partial charge on any atom is 0.226 e. The lowest BCUT2D eigenvalue weighted by Crippen LogP contribution is -2.49. The van der Waals surface area contributed by atoms with Crippen molar-refractivity contribution in [1.82, 2.24) is 5.32 Å². The third-order valence-electron chi connectivity index (χ3n) is 3.61. The molecule has 98 valence electrons. The van der Waals surface area contributed by atoms with E-state index in [0.29, 0.717) is 6.42 Å². The van der Waals surface area contributed by atoms with E-state index in [-0.39, 0.29) is 23.2 Å². The van der Waals surface area contributed by atoms with Gasteiger partial charge in [0.15, 0.2) is 5.84 Å². The van der Waals surface area contributed by atoms with Crippen LogP contribution in [-0.2, 0) is 4.79 Å². The highest BCUT2D eigenvalue weighted by molar-refractivity contribution is 5.91. The number of nitrogens with two attached hydrogens (primary N) is 1. The monoisotopic (exact) mass is 241 g/mol. The van der Waals surface area contributed by atoms with E-state index in [0.717, 1.165) is 32.1 Å². The number of carbonyl (C=O) groups is 1. The smallest absolute Gasteiger partial charge is 0.226 e. The van der Waals surface area contributed by atoms with Crippen molar-refractivity contribution in [2.75, 3.05) is 0 Å². The van der Waals surface area contributed by atoms with Crippen LogP contribution >= 0.6 is 0 Å². The molecule has 1 unspecified atom stereocenters. The number of nitrogens with one attached hydrogen (secondary N) is 1. The molecule has 1 aliphatic carbocycles. The van der Waals surface area contributed by atoms with E-state index in [4.69, 9.17) is 10.9 Å². The Morgan fingerprint density at radius 1 is 1.53 bits per heavy atom. The minimum absolute atomic E-state index is 0.0278. The predicted octanol–water partition coefficient (Wildman–Crippen LogP) is 1.60. The van der Waals surface area contributed by atoms with Crippen LogP contribution in [0, 0.1) is 5.41 Å². The van der Waals surface area contributed by atoms with Gasteiger partial charge in [-0.25, -0.2) is 0 Å². The number of amides is 1. The molecule has 0 aromatic rings. The molecule has 17 heavy (non-hydrogen) atoms. The Bertz CT molecular complexity index is 296. The lowest BCUT2D eigenvalue weighted by Gasteiger charge is -2.26. The number of amidine groups is 1. The number of nitrogens with zero attached hydrogens (tertiary/aromatic N) is 1.